The van der Waals surface area contributed by atoms with Crippen LogP contribution in [0.25, 0.3) is 0 Å². The van der Waals surface area contributed by atoms with E-state index in [4.69, 9.17) is 11.1 Å². The summed E-state index contributed by atoms with van der Waals surface area (Å²) in [4.78, 5) is 4.51. The number of hydrogen-bond acceptors (Lipinski definition) is 2. The normalized spacial score (nSPS) is 14.1. The number of fused-ring (bicyclic) bond motifs is 1. The molecule has 2 aromatic rings. The highest BCUT2D eigenvalue weighted by molar-refractivity contribution is 5.95. The molecular weight excluding hydrogens is 236 g/mol. The topological polar surface area (TPSA) is 67.7 Å². The molecule has 0 radical (unpaired) electrons. The first kappa shape index (κ1) is 12.0. The lowest BCUT2D eigenvalue weighted by Gasteiger charge is -2.14. The van der Waals surface area contributed by atoms with Crippen molar-refractivity contribution in [2.75, 3.05) is 0 Å². The van der Waals surface area contributed by atoms with Crippen molar-refractivity contribution in [1.82, 2.24) is 9.55 Å². The van der Waals surface area contributed by atoms with Crippen LogP contribution in [0.3, 0.4) is 0 Å². The lowest BCUT2D eigenvalue weighted by atomic mass is 10.0. The zero-order chi connectivity index (χ0) is 13.2. The van der Waals surface area contributed by atoms with Gasteiger partial charge in [-0.3, -0.25) is 5.41 Å². The van der Waals surface area contributed by atoms with E-state index < -0.39 is 0 Å². The Balaban J connectivity index is 1.87. The molecule has 1 heterocycles. The van der Waals surface area contributed by atoms with Crippen LogP contribution in [0.2, 0.25) is 0 Å². The molecule has 3 rings (SSSR count). The number of benzene rings is 1. The first-order valence-corrected chi connectivity index (χ1v) is 6.70. The molecule has 0 saturated carbocycles. The fraction of sp³-hybridized carbons (Fsp3) is 0.333. The van der Waals surface area contributed by atoms with Crippen LogP contribution in [0.15, 0.2) is 30.6 Å². The van der Waals surface area contributed by atoms with Gasteiger partial charge in [0.2, 0.25) is 0 Å². The number of nitrogens with two attached hydrogens (primary N) is 1. The van der Waals surface area contributed by atoms with Crippen LogP contribution < -0.4 is 5.73 Å². The van der Waals surface area contributed by atoms with Crippen molar-refractivity contribution in [3.05, 3.63) is 53.1 Å². The molecule has 4 heteroatoms. The van der Waals surface area contributed by atoms with Gasteiger partial charge in [0.05, 0.1) is 12.0 Å². The summed E-state index contributed by atoms with van der Waals surface area (Å²) in [5.74, 6) is 0.120. The van der Waals surface area contributed by atoms with E-state index >= 15 is 0 Å². The smallest absolute Gasteiger partial charge is 0.122 e. The van der Waals surface area contributed by atoms with Gasteiger partial charge >= 0.3 is 0 Å². The number of rotatable bonds is 3. The molecule has 0 saturated heterocycles. The highest BCUT2D eigenvalue weighted by Crippen LogP contribution is 2.20. The Labute approximate surface area is 112 Å². The average molecular weight is 254 g/mol. The van der Waals surface area contributed by atoms with Gasteiger partial charge in [-0.2, -0.15) is 0 Å². The van der Waals surface area contributed by atoms with E-state index in [1.807, 2.05) is 24.5 Å². The zero-order valence-electron chi connectivity index (χ0n) is 10.9. The Kier molecular flexibility index (Phi) is 3.07. The molecule has 1 aromatic carbocycles. The monoisotopic (exact) mass is 254 g/mol. The standard InChI is InChI=1S/C15H18N4/c16-15(17)12-5-3-4-11(8-12)9-19-10-18-13-6-1-2-7-14(13)19/h3-5,8,10H,1-2,6-7,9H2,(H3,16,17). The molecule has 1 aromatic heterocycles. The summed E-state index contributed by atoms with van der Waals surface area (Å²) in [6.45, 7) is 0.809. The first-order valence-electron chi connectivity index (χ1n) is 6.70. The lowest BCUT2D eigenvalue weighted by Crippen LogP contribution is -2.12. The predicted octanol–water partition coefficient (Wildman–Crippen LogP) is 2.09. The molecule has 0 fully saturated rings. The maximum Gasteiger partial charge on any atom is 0.122 e. The minimum absolute atomic E-state index is 0.120. The highest BCUT2D eigenvalue weighted by Gasteiger charge is 2.15. The molecule has 0 bridgehead atoms. The van der Waals surface area contributed by atoms with Crippen LogP contribution in [0.4, 0.5) is 0 Å². The van der Waals surface area contributed by atoms with Crippen molar-refractivity contribution in [2.45, 2.75) is 32.2 Å². The Morgan fingerprint density at radius 3 is 3.00 bits per heavy atom. The minimum atomic E-state index is 0.120. The molecule has 1 aliphatic carbocycles. The molecule has 1 aliphatic rings. The van der Waals surface area contributed by atoms with Crippen molar-refractivity contribution >= 4 is 5.84 Å². The molecule has 0 atom stereocenters. The quantitative estimate of drug-likeness (QED) is 0.650. The largest absolute Gasteiger partial charge is 0.384 e. The number of nitrogen functional groups attached to an aromatic ring is 1. The van der Waals surface area contributed by atoms with Crippen LogP contribution in [-0.2, 0) is 19.4 Å². The Hall–Kier alpha value is -2.10. The second-order valence-electron chi connectivity index (χ2n) is 5.09. The molecule has 19 heavy (non-hydrogen) atoms. The third-order valence-electron chi connectivity index (χ3n) is 3.70. The van der Waals surface area contributed by atoms with Gasteiger partial charge in [-0.1, -0.05) is 18.2 Å². The van der Waals surface area contributed by atoms with E-state index in [0.29, 0.717) is 0 Å². The third kappa shape index (κ3) is 2.38. The van der Waals surface area contributed by atoms with Crippen LogP contribution in [-0.4, -0.2) is 15.4 Å². The zero-order valence-corrected chi connectivity index (χ0v) is 10.9. The lowest BCUT2D eigenvalue weighted by molar-refractivity contribution is 0.628. The summed E-state index contributed by atoms with van der Waals surface area (Å²) in [7, 11) is 0. The number of amidine groups is 1. The van der Waals surface area contributed by atoms with E-state index in [-0.39, 0.29) is 5.84 Å². The molecule has 3 N–H and O–H groups in total. The second kappa shape index (κ2) is 4.88. The molecule has 98 valence electrons. The van der Waals surface area contributed by atoms with Gasteiger partial charge in [0.15, 0.2) is 0 Å². The molecule has 0 spiro atoms. The fourth-order valence-corrected chi connectivity index (χ4v) is 2.70. The van der Waals surface area contributed by atoms with Gasteiger partial charge < -0.3 is 10.3 Å². The van der Waals surface area contributed by atoms with Crippen LogP contribution in [0, 0.1) is 5.41 Å². The minimum Gasteiger partial charge on any atom is -0.384 e. The number of aryl methyl sites for hydroxylation is 1. The Bertz CT molecular complexity index is 612. The fourth-order valence-electron chi connectivity index (χ4n) is 2.70. The van der Waals surface area contributed by atoms with E-state index in [2.05, 4.69) is 15.6 Å². The first-order chi connectivity index (χ1) is 9.24. The van der Waals surface area contributed by atoms with E-state index in [1.165, 1.54) is 29.8 Å². The third-order valence-corrected chi connectivity index (χ3v) is 3.70. The van der Waals surface area contributed by atoms with Crippen molar-refractivity contribution in [3.8, 4) is 0 Å². The summed E-state index contributed by atoms with van der Waals surface area (Å²) < 4.78 is 2.23. The molecule has 0 aliphatic heterocycles. The summed E-state index contributed by atoms with van der Waals surface area (Å²) in [5, 5.41) is 7.49. The van der Waals surface area contributed by atoms with E-state index in [1.54, 1.807) is 0 Å². The van der Waals surface area contributed by atoms with Crippen LogP contribution in [0.1, 0.15) is 35.4 Å². The maximum atomic E-state index is 7.49. The van der Waals surface area contributed by atoms with Gasteiger partial charge in [-0.15, -0.1) is 0 Å². The van der Waals surface area contributed by atoms with Crippen LogP contribution in [0.5, 0.6) is 0 Å². The molecule has 0 unspecified atom stereocenters. The highest BCUT2D eigenvalue weighted by atomic mass is 15.1. The van der Waals surface area contributed by atoms with Crippen molar-refractivity contribution in [2.24, 2.45) is 5.73 Å². The average Bonchev–Trinajstić information content (AvgIpc) is 2.83. The Morgan fingerprint density at radius 2 is 2.16 bits per heavy atom. The number of nitrogens with zero attached hydrogens (tertiary/aromatic N) is 2. The molecule has 0 amide bonds. The van der Waals surface area contributed by atoms with Gasteiger partial charge in [-0.05, 0) is 37.3 Å². The summed E-state index contributed by atoms with van der Waals surface area (Å²) in [6.07, 6.45) is 6.68. The van der Waals surface area contributed by atoms with Crippen LogP contribution >= 0.6 is 0 Å². The summed E-state index contributed by atoms with van der Waals surface area (Å²) >= 11 is 0. The summed E-state index contributed by atoms with van der Waals surface area (Å²) in [6, 6.07) is 7.88. The van der Waals surface area contributed by atoms with Gasteiger partial charge in [0.1, 0.15) is 5.84 Å². The van der Waals surface area contributed by atoms with Crippen molar-refractivity contribution in [3.63, 3.8) is 0 Å². The SMILES string of the molecule is N=C(N)c1cccc(Cn2cnc3c2CCCC3)c1. The molecule has 4 nitrogen and oxygen atoms in total. The molecular formula is C15H18N4. The number of imidazole rings is 1. The maximum absolute atomic E-state index is 7.49. The van der Waals surface area contributed by atoms with Crippen molar-refractivity contribution < 1.29 is 0 Å². The van der Waals surface area contributed by atoms with E-state index in [9.17, 15) is 0 Å². The number of aromatic nitrogens is 2. The Morgan fingerprint density at radius 1 is 1.32 bits per heavy atom. The second-order valence-corrected chi connectivity index (χ2v) is 5.09. The van der Waals surface area contributed by atoms with Gasteiger partial charge in [-0.25, -0.2) is 4.98 Å². The van der Waals surface area contributed by atoms with E-state index in [0.717, 1.165) is 24.9 Å². The number of nitrogens with one attached hydrogen (secondary N) is 1. The number of hydrogen-bond donors (Lipinski definition) is 2. The summed E-state index contributed by atoms with van der Waals surface area (Å²) in [5.41, 5.74) is 10.1. The van der Waals surface area contributed by atoms with Gasteiger partial charge in [0.25, 0.3) is 0 Å². The van der Waals surface area contributed by atoms with Gasteiger partial charge in [0, 0.05) is 17.8 Å². The van der Waals surface area contributed by atoms with Crippen molar-refractivity contribution in [1.29, 1.82) is 5.41 Å². The predicted molar refractivity (Wildman–Crippen MR) is 75.4 cm³/mol.